The zero-order valence-corrected chi connectivity index (χ0v) is 8.10. The summed E-state index contributed by atoms with van der Waals surface area (Å²) in [5.74, 6) is 0. The molecular weight excluding hydrogens is 171 g/mol. The average Bonchev–Trinajstić information content (AvgIpc) is 2.14. The first-order chi connectivity index (χ1) is 3.83. The van der Waals surface area contributed by atoms with Gasteiger partial charge >= 0.3 is 0 Å². The number of likely N-dealkylation sites (tertiary alicyclic amines) is 1. The normalized spacial score (nSPS) is 25.2. The molecule has 0 spiro atoms. The highest BCUT2D eigenvalue weighted by molar-refractivity contribution is 5.85. The summed E-state index contributed by atoms with van der Waals surface area (Å²) in [6.07, 6.45) is 1.31. The van der Waals surface area contributed by atoms with E-state index in [1.807, 2.05) is 7.05 Å². The van der Waals surface area contributed by atoms with Crippen LogP contribution in [-0.4, -0.2) is 38.1 Å². The second-order valence-corrected chi connectivity index (χ2v) is 2.54. The maximum absolute atomic E-state index is 3.25. The van der Waals surface area contributed by atoms with E-state index in [1.165, 1.54) is 19.5 Å². The van der Waals surface area contributed by atoms with Crippen molar-refractivity contribution in [2.75, 3.05) is 27.2 Å². The Bertz CT molecular complexity index is 80.1. The van der Waals surface area contributed by atoms with Crippen LogP contribution in [0.25, 0.3) is 0 Å². The minimum absolute atomic E-state index is 0. The molecule has 0 saturated carbocycles. The summed E-state index contributed by atoms with van der Waals surface area (Å²) in [6, 6.07) is 0.750. The van der Waals surface area contributed by atoms with Crippen LogP contribution < -0.4 is 5.32 Å². The molecule has 64 valence electrons. The molecule has 1 heterocycles. The molecule has 4 heteroatoms. The monoisotopic (exact) mass is 186 g/mol. The molecule has 0 bridgehead atoms. The van der Waals surface area contributed by atoms with Crippen molar-refractivity contribution in [2.45, 2.75) is 12.5 Å². The maximum atomic E-state index is 3.25. The van der Waals surface area contributed by atoms with E-state index in [1.54, 1.807) is 0 Å². The third-order valence-electron chi connectivity index (χ3n) is 1.80. The summed E-state index contributed by atoms with van der Waals surface area (Å²) in [5, 5.41) is 3.25. The van der Waals surface area contributed by atoms with Gasteiger partial charge < -0.3 is 10.2 Å². The van der Waals surface area contributed by atoms with Crippen molar-refractivity contribution in [3.63, 3.8) is 0 Å². The Morgan fingerprint density at radius 2 is 2.00 bits per heavy atom. The highest BCUT2D eigenvalue weighted by Gasteiger charge is 2.16. The highest BCUT2D eigenvalue weighted by Crippen LogP contribution is 2.04. The first-order valence-electron chi connectivity index (χ1n) is 3.18. The first kappa shape index (κ1) is 13.1. The lowest BCUT2D eigenvalue weighted by Gasteiger charge is -2.07. The van der Waals surface area contributed by atoms with Crippen LogP contribution in [0.2, 0.25) is 0 Å². The predicted molar refractivity (Wildman–Crippen MR) is 49.5 cm³/mol. The van der Waals surface area contributed by atoms with Gasteiger partial charge in [-0.15, -0.1) is 24.8 Å². The summed E-state index contributed by atoms with van der Waals surface area (Å²) in [4.78, 5) is 2.35. The van der Waals surface area contributed by atoms with E-state index in [0.717, 1.165) is 6.04 Å². The lowest BCUT2D eigenvalue weighted by molar-refractivity contribution is 0.403. The second-order valence-electron chi connectivity index (χ2n) is 2.54. The Morgan fingerprint density at radius 1 is 1.40 bits per heavy atom. The summed E-state index contributed by atoms with van der Waals surface area (Å²) >= 11 is 0. The van der Waals surface area contributed by atoms with Crippen molar-refractivity contribution in [1.29, 1.82) is 0 Å². The summed E-state index contributed by atoms with van der Waals surface area (Å²) in [7, 11) is 4.20. The lowest BCUT2D eigenvalue weighted by atomic mass is 10.3. The third kappa shape index (κ3) is 3.62. The Morgan fingerprint density at radius 3 is 2.20 bits per heavy atom. The number of nitrogens with zero attached hydrogens (tertiary/aromatic N) is 1. The van der Waals surface area contributed by atoms with E-state index >= 15 is 0 Å². The van der Waals surface area contributed by atoms with E-state index in [9.17, 15) is 0 Å². The van der Waals surface area contributed by atoms with Crippen molar-refractivity contribution in [3.8, 4) is 0 Å². The molecule has 0 amide bonds. The quantitative estimate of drug-likeness (QED) is 0.651. The van der Waals surface area contributed by atoms with Crippen molar-refractivity contribution >= 4 is 24.8 Å². The van der Waals surface area contributed by atoms with Gasteiger partial charge in [0.25, 0.3) is 0 Å². The van der Waals surface area contributed by atoms with Crippen molar-refractivity contribution in [2.24, 2.45) is 0 Å². The zero-order valence-electron chi connectivity index (χ0n) is 6.46. The summed E-state index contributed by atoms with van der Waals surface area (Å²) < 4.78 is 0. The molecule has 2 nitrogen and oxygen atoms in total. The summed E-state index contributed by atoms with van der Waals surface area (Å²) in [5.41, 5.74) is 0. The molecular formula is C6H16Cl2N2. The largest absolute Gasteiger partial charge is 0.316 e. The number of halogens is 2. The van der Waals surface area contributed by atoms with Gasteiger partial charge in [0.1, 0.15) is 0 Å². The molecule has 1 fully saturated rings. The Hall–Kier alpha value is 0.500. The molecule has 1 atom stereocenters. The first-order valence-corrected chi connectivity index (χ1v) is 3.18. The molecule has 0 unspecified atom stereocenters. The van der Waals surface area contributed by atoms with Crippen molar-refractivity contribution in [1.82, 2.24) is 10.2 Å². The third-order valence-corrected chi connectivity index (χ3v) is 1.80. The molecule has 1 N–H and O–H groups in total. The number of rotatable bonds is 1. The van der Waals surface area contributed by atoms with E-state index in [2.05, 4.69) is 17.3 Å². The Kier molecular flexibility index (Phi) is 8.17. The smallest absolute Gasteiger partial charge is 0.0204 e. The Labute approximate surface area is 75.2 Å². The van der Waals surface area contributed by atoms with Gasteiger partial charge in [-0.1, -0.05) is 0 Å². The second kappa shape index (κ2) is 6.23. The van der Waals surface area contributed by atoms with Crippen molar-refractivity contribution in [3.05, 3.63) is 0 Å². The minimum atomic E-state index is 0. The molecule has 1 saturated heterocycles. The Balaban J connectivity index is 0. The van der Waals surface area contributed by atoms with Gasteiger partial charge in [0.05, 0.1) is 0 Å². The summed E-state index contributed by atoms with van der Waals surface area (Å²) in [6.45, 7) is 2.47. The van der Waals surface area contributed by atoms with Crippen LogP contribution >= 0.6 is 24.8 Å². The standard InChI is InChI=1S/C6H14N2.2ClH/c1-7-6-3-4-8(2)5-6;;/h6-7H,3-5H2,1-2H3;2*1H/t6-;;/m0../s1. The number of likely N-dealkylation sites (N-methyl/N-ethyl adjacent to an activating group) is 2. The van der Waals surface area contributed by atoms with Crippen molar-refractivity contribution < 1.29 is 0 Å². The molecule has 1 aliphatic heterocycles. The van der Waals surface area contributed by atoms with E-state index in [-0.39, 0.29) is 24.8 Å². The van der Waals surface area contributed by atoms with E-state index < -0.39 is 0 Å². The molecule has 10 heavy (non-hydrogen) atoms. The van der Waals surface area contributed by atoms with Gasteiger partial charge in [-0.3, -0.25) is 0 Å². The topological polar surface area (TPSA) is 15.3 Å². The molecule has 0 aromatic rings. The molecule has 1 rings (SSSR count). The molecule has 0 aromatic heterocycles. The minimum Gasteiger partial charge on any atom is -0.316 e. The fourth-order valence-corrected chi connectivity index (χ4v) is 1.17. The fourth-order valence-electron chi connectivity index (χ4n) is 1.17. The maximum Gasteiger partial charge on any atom is 0.0204 e. The zero-order chi connectivity index (χ0) is 5.98. The van der Waals surface area contributed by atoms with Crippen LogP contribution in [0, 0.1) is 0 Å². The van der Waals surface area contributed by atoms with Crippen LogP contribution in [0.4, 0.5) is 0 Å². The van der Waals surface area contributed by atoms with Gasteiger partial charge in [-0.25, -0.2) is 0 Å². The van der Waals surface area contributed by atoms with Gasteiger partial charge in [0, 0.05) is 12.6 Å². The number of nitrogens with one attached hydrogen (secondary N) is 1. The molecule has 0 radical (unpaired) electrons. The highest BCUT2D eigenvalue weighted by atomic mass is 35.5. The average molecular weight is 187 g/mol. The molecule has 0 aliphatic carbocycles. The van der Waals surface area contributed by atoms with Crippen LogP contribution in [0.1, 0.15) is 6.42 Å². The van der Waals surface area contributed by atoms with Crippen LogP contribution in [-0.2, 0) is 0 Å². The van der Waals surface area contributed by atoms with Gasteiger partial charge in [-0.2, -0.15) is 0 Å². The molecule has 0 aromatic carbocycles. The SMILES string of the molecule is CN[C@H]1CCN(C)C1.Cl.Cl. The number of hydrogen-bond acceptors (Lipinski definition) is 2. The van der Waals surface area contributed by atoms with Crippen LogP contribution in [0.5, 0.6) is 0 Å². The predicted octanol–water partition coefficient (Wildman–Crippen LogP) is 0.753. The molecule has 1 aliphatic rings. The van der Waals surface area contributed by atoms with E-state index in [4.69, 9.17) is 0 Å². The van der Waals surface area contributed by atoms with Gasteiger partial charge in [-0.05, 0) is 27.1 Å². The number of hydrogen-bond donors (Lipinski definition) is 1. The van der Waals surface area contributed by atoms with Gasteiger partial charge in [0.2, 0.25) is 0 Å². The fraction of sp³-hybridized carbons (Fsp3) is 1.00. The van der Waals surface area contributed by atoms with Crippen LogP contribution in [0.15, 0.2) is 0 Å². The van der Waals surface area contributed by atoms with Crippen LogP contribution in [0.3, 0.4) is 0 Å². The van der Waals surface area contributed by atoms with Gasteiger partial charge in [0.15, 0.2) is 0 Å². The lowest BCUT2D eigenvalue weighted by Crippen LogP contribution is -2.27. The van der Waals surface area contributed by atoms with E-state index in [0.29, 0.717) is 0 Å².